The monoisotopic (exact) mass is 252 g/mol. The molecule has 0 unspecified atom stereocenters. The second kappa shape index (κ2) is 5.87. The van der Waals surface area contributed by atoms with Gasteiger partial charge in [0.1, 0.15) is 0 Å². The van der Waals surface area contributed by atoms with Gasteiger partial charge in [0.05, 0.1) is 5.41 Å². The molecule has 1 N–H and O–H groups in total. The average molecular weight is 253 g/mol. The summed E-state index contributed by atoms with van der Waals surface area (Å²) in [6.07, 6.45) is 5.24. The fraction of sp³-hybridized carbons (Fsp3) is 0.357. The van der Waals surface area contributed by atoms with E-state index in [-0.39, 0.29) is 0 Å². The Morgan fingerprint density at radius 2 is 2.06 bits per heavy atom. The highest BCUT2D eigenvalue weighted by Crippen LogP contribution is 2.23. The molecule has 0 atom stereocenters. The van der Waals surface area contributed by atoms with E-state index in [0.29, 0.717) is 11.4 Å². The maximum atomic E-state index is 10.9. The van der Waals surface area contributed by atoms with Gasteiger partial charge in [0.15, 0.2) is 0 Å². The lowest BCUT2D eigenvalue weighted by atomic mass is 9.88. The predicted octanol–water partition coefficient (Wildman–Crippen LogP) is 4.24. The smallest absolute Gasteiger partial charge is 0.309 e. The Morgan fingerprint density at radius 3 is 2.65 bits per heavy atom. The minimum atomic E-state index is -0.761. The number of carboxylic acid groups (broad SMARTS) is 1. The molecule has 0 spiro atoms. The van der Waals surface area contributed by atoms with E-state index in [1.54, 1.807) is 13.8 Å². The third-order valence-corrected chi connectivity index (χ3v) is 3.06. The third kappa shape index (κ3) is 4.23. The molecule has 0 saturated carbocycles. The Labute approximate surface area is 107 Å². The molecule has 2 nitrogen and oxygen atoms in total. The van der Waals surface area contributed by atoms with Crippen LogP contribution in [0, 0.1) is 5.41 Å². The summed E-state index contributed by atoms with van der Waals surface area (Å²) < 4.78 is 0. The molecule has 3 heteroatoms. The van der Waals surface area contributed by atoms with Gasteiger partial charge in [-0.3, -0.25) is 4.79 Å². The predicted molar refractivity (Wildman–Crippen MR) is 71.1 cm³/mol. The SMILES string of the molecule is CC(C)(CCC=Cc1ccccc1Cl)C(=O)O. The first-order valence-electron chi connectivity index (χ1n) is 5.58. The molecule has 0 amide bonds. The van der Waals surface area contributed by atoms with Crippen LogP contribution in [0.2, 0.25) is 5.02 Å². The van der Waals surface area contributed by atoms with E-state index in [4.69, 9.17) is 16.7 Å². The van der Waals surface area contributed by atoms with Gasteiger partial charge in [0, 0.05) is 5.02 Å². The Morgan fingerprint density at radius 1 is 1.41 bits per heavy atom. The number of benzene rings is 1. The number of rotatable bonds is 5. The van der Waals surface area contributed by atoms with E-state index in [1.165, 1.54) is 0 Å². The van der Waals surface area contributed by atoms with E-state index in [2.05, 4.69) is 0 Å². The lowest BCUT2D eigenvalue weighted by Crippen LogP contribution is -2.22. The number of carboxylic acids is 1. The molecule has 17 heavy (non-hydrogen) atoms. The van der Waals surface area contributed by atoms with Crippen LogP contribution in [-0.2, 0) is 4.79 Å². The van der Waals surface area contributed by atoms with Crippen molar-refractivity contribution in [3.63, 3.8) is 0 Å². The standard InChI is InChI=1S/C14H17ClO2/c1-14(2,13(16)17)10-6-5-8-11-7-3-4-9-12(11)15/h3-5,7-9H,6,10H2,1-2H3,(H,16,17). The highest BCUT2D eigenvalue weighted by molar-refractivity contribution is 6.32. The molecule has 0 saturated heterocycles. The lowest BCUT2D eigenvalue weighted by Gasteiger charge is -2.17. The van der Waals surface area contributed by atoms with Crippen molar-refractivity contribution in [2.75, 3.05) is 0 Å². The van der Waals surface area contributed by atoms with Crippen LogP contribution in [-0.4, -0.2) is 11.1 Å². The van der Waals surface area contributed by atoms with Crippen molar-refractivity contribution in [1.29, 1.82) is 0 Å². The van der Waals surface area contributed by atoms with Crippen molar-refractivity contribution in [3.05, 3.63) is 40.9 Å². The fourth-order valence-corrected chi connectivity index (χ4v) is 1.57. The molecule has 0 aliphatic heterocycles. The highest BCUT2D eigenvalue weighted by atomic mass is 35.5. The number of hydrogen-bond acceptors (Lipinski definition) is 1. The summed E-state index contributed by atoms with van der Waals surface area (Å²) in [5, 5.41) is 9.67. The number of carbonyl (C=O) groups is 1. The third-order valence-electron chi connectivity index (χ3n) is 2.72. The Kier molecular flexibility index (Phi) is 4.76. The van der Waals surface area contributed by atoms with E-state index in [0.717, 1.165) is 12.0 Å². The second-order valence-corrected chi connectivity index (χ2v) is 5.06. The molecule has 0 bridgehead atoms. The van der Waals surface area contributed by atoms with Gasteiger partial charge in [-0.1, -0.05) is 42.0 Å². The molecule has 1 rings (SSSR count). The maximum absolute atomic E-state index is 10.9. The normalized spacial score (nSPS) is 11.9. The summed E-state index contributed by atoms with van der Waals surface area (Å²) in [6.45, 7) is 3.47. The first-order valence-corrected chi connectivity index (χ1v) is 5.96. The first kappa shape index (κ1) is 13.8. The van der Waals surface area contributed by atoms with Crippen LogP contribution in [0.25, 0.3) is 6.08 Å². The molecule has 1 aromatic carbocycles. The molecular formula is C14H17ClO2. The van der Waals surface area contributed by atoms with E-state index in [1.807, 2.05) is 36.4 Å². The van der Waals surface area contributed by atoms with E-state index in [9.17, 15) is 4.79 Å². The van der Waals surface area contributed by atoms with Crippen LogP contribution < -0.4 is 0 Å². The van der Waals surface area contributed by atoms with Crippen molar-refractivity contribution in [2.45, 2.75) is 26.7 Å². The van der Waals surface area contributed by atoms with Crippen molar-refractivity contribution >= 4 is 23.6 Å². The van der Waals surface area contributed by atoms with Gasteiger partial charge in [-0.25, -0.2) is 0 Å². The number of aliphatic carboxylic acids is 1. The molecule has 0 radical (unpaired) electrons. The minimum absolute atomic E-state index is 0.614. The van der Waals surface area contributed by atoms with Gasteiger partial charge in [0.25, 0.3) is 0 Å². The van der Waals surface area contributed by atoms with Gasteiger partial charge >= 0.3 is 5.97 Å². The fourth-order valence-electron chi connectivity index (χ4n) is 1.37. The summed E-state index contributed by atoms with van der Waals surface area (Å²) in [5.41, 5.74) is 0.285. The van der Waals surface area contributed by atoms with Crippen LogP contribution in [0.3, 0.4) is 0 Å². The topological polar surface area (TPSA) is 37.3 Å². The zero-order valence-electron chi connectivity index (χ0n) is 10.1. The lowest BCUT2D eigenvalue weighted by molar-refractivity contribution is -0.147. The number of halogens is 1. The zero-order chi connectivity index (χ0) is 12.9. The van der Waals surface area contributed by atoms with E-state index >= 15 is 0 Å². The van der Waals surface area contributed by atoms with Crippen LogP contribution in [0.1, 0.15) is 32.3 Å². The molecule has 0 aromatic heterocycles. The summed E-state index contributed by atoms with van der Waals surface area (Å²) in [4.78, 5) is 10.9. The second-order valence-electron chi connectivity index (χ2n) is 4.65. The number of hydrogen-bond donors (Lipinski definition) is 1. The number of allylic oxidation sites excluding steroid dienone is 1. The quantitative estimate of drug-likeness (QED) is 0.851. The Balaban J connectivity index is 2.52. The summed E-state index contributed by atoms with van der Waals surface area (Å²) in [5.74, 6) is -0.761. The first-order chi connectivity index (χ1) is 7.93. The Hall–Kier alpha value is -1.28. The maximum Gasteiger partial charge on any atom is 0.309 e. The summed E-state index contributed by atoms with van der Waals surface area (Å²) in [6, 6.07) is 7.57. The molecule has 0 heterocycles. The molecule has 1 aromatic rings. The van der Waals surface area contributed by atoms with Crippen LogP contribution in [0.5, 0.6) is 0 Å². The van der Waals surface area contributed by atoms with Crippen LogP contribution in [0.4, 0.5) is 0 Å². The molecular weight excluding hydrogens is 236 g/mol. The van der Waals surface area contributed by atoms with Crippen molar-refractivity contribution in [1.82, 2.24) is 0 Å². The van der Waals surface area contributed by atoms with Crippen LogP contribution in [0.15, 0.2) is 30.3 Å². The summed E-state index contributed by atoms with van der Waals surface area (Å²) >= 11 is 6.00. The Bertz CT molecular complexity index is 422. The van der Waals surface area contributed by atoms with Crippen molar-refractivity contribution in [3.8, 4) is 0 Å². The van der Waals surface area contributed by atoms with Gasteiger partial charge in [-0.15, -0.1) is 0 Å². The molecule has 0 fully saturated rings. The van der Waals surface area contributed by atoms with Gasteiger partial charge in [0.2, 0.25) is 0 Å². The summed E-state index contributed by atoms with van der Waals surface area (Å²) in [7, 11) is 0. The molecule has 0 aliphatic rings. The van der Waals surface area contributed by atoms with Crippen molar-refractivity contribution in [2.24, 2.45) is 5.41 Å². The van der Waals surface area contributed by atoms with Crippen LogP contribution >= 0.6 is 11.6 Å². The van der Waals surface area contributed by atoms with Gasteiger partial charge in [-0.2, -0.15) is 0 Å². The van der Waals surface area contributed by atoms with Gasteiger partial charge < -0.3 is 5.11 Å². The largest absolute Gasteiger partial charge is 0.481 e. The van der Waals surface area contributed by atoms with Crippen molar-refractivity contribution < 1.29 is 9.90 Å². The molecule has 0 aliphatic carbocycles. The zero-order valence-corrected chi connectivity index (χ0v) is 10.9. The average Bonchev–Trinajstić information content (AvgIpc) is 2.26. The van der Waals surface area contributed by atoms with E-state index < -0.39 is 11.4 Å². The van der Waals surface area contributed by atoms with Gasteiger partial charge in [-0.05, 0) is 38.3 Å². The highest BCUT2D eigenvalue weighted by Gasteiger charge is 2.25. The minimum Gasteiger partial charge on any atom is -0.481 e. The molecule has 92 valence electrons.